The number of hydrogen-bond acceptors (Lipinski definition) is 4. The number of aromatic carboxylic acids is 1. The van der Waals surface area contributed by atoms with Gasteiger partial charge in [-0.05, 0) is 6.07 Å². The molecule has 1 rings (SSSR count). The lowest BCUT2D eigenvalue weighted by molar-refractivity contribution is -0.255. The van der Waals surface area contributed by atoms with Crippen LogP contribution in [0.25, 0.3) is 0 Å². The van der Waals surface area contributed by atoms with Gasteiger partial charge < -0.3 is 9.90 Å². The molecule has 5 nitrogen and oxygen atoms in total. The molecular weight excluding hydrogens is 148 g/mol. The largest absolute Gasteiger partial charge is 0.543 e. The Hall–Kier alpha value is -1.65. The number of rotatable bonds is 1. The van der Waals surface area contributed by atoms with Gasteiger partial charge in [-0.1, -0.05) is 0 Å². The summed E-state index contributed by atoms with van der Waals surface area (Å²) in [5, 5.41) is 13.6. The smallest absolute Gasteiger partial charge is 0.266 e. The second kappa shape index (κ2) is 2.53. The minimum absolute atomic E-state index is 0.243. The fourth-order valence-corrected chi connectivity index (χ4v) is 0.611. The van der Waals surface area contributed by atoms with Crippen LogP contribution in [0, 0.1) is 0 Å². The van der Waals surface area contributed by atoms with E-state index in [1.807, 2.05) is 0 Å². The second-order valence-corrected chi connectivity index (χ2v) is 1.97. The summed E-state index contributed by atoms with van der Waals surface area (Å²) < 4.78 is 0.936. The van der Waals surface area contributed by atoms with E-state index in [1.54, 1.807) is 0 Å². The zero-order valence-corrected chi connectivity index (χ0v) is 5.77. The van der Waals surface area contributed by atoms with Gasteiger partial charge in [-0.3, -0.25) is 4.79 Å². The van der Waals surface area contributed by atoms with Crippen LogP contribution in [0.4, 0.5) is 0 Å². The van der Waals surface area contributed by atoms with E-state index in [4.69, 9.17) is 0 Å². The van der Waals surface area contributed by atoms with E-state index in [1.165, 1.54) is 7.05 Å². The van der Waals surface area contributed by atoms with Crippen LogP contribution >= 0.6 is 0 Å². The van der Waals surface area contributed by atoms with E-state index >= 15 is 0 Å². The number of aromatic nitrogens is 2. The Morgan fingerprint density at radius 1 is 1.64 bits per heavy atom. The first-order valence-corrected chi connectivity index (χ1v) is 2.87. The molecule has 0 aliphatic rings. The molecule has 0 radical (unpaired) electrons. The van der Waals surface area contributed by atoms with Crippen molar-refractivity contribution < 1.29 is 9.90 Å². The molecule has 0 aliphatic carbocycles. The first-order valence-electron chi connectivity index (χ1n) is 2.87. The maximum atomic E-state index is 10.7. The van der Waals surface area contributed by atoms with Crippen molar-refractivity contribution in [3.63, 3.8) is 0 Å². The topological polar surface area (TPSA) is 75.0 Å². The van der Waals surface area contributed by atoms with Crippen molar-refractivity contribution in [2.45, 2.75) is 0 Å². The number of hydrogen-bond donors (Lipinski definition) is 0. The predicted octanol–water partition coefficient (Wildman–Crippen LogP) is -1.86. The normalized spacial score (nSPS) is 9.55. The van der Waals surface area contributed by atoms with Crippen molar-refractivity contribution in [1.82, 2.24) is 9.78 Å². The monoisotopic (exact) mass is 153 g/mol. The van der Waals surface area contributed by atoms with Crippen LogP contribution < -0.4 is 10.7 Å². The van der Waals surface area contributed by atoms with Gasteiger partial charge in [0.1, 0.15) is 5.69 Å². The number of carboxylic acid groups (broad SMARTS) is 1. The van der Waals surface area contributed by atoms with Crippen LogP contribution in [0.2, 0.25) is 0 Å². The Morgan fingerprint density at radius 3 is 2.73 bits per heavy atom. The molecule has 0 amide bonds. The number of carboxylic acids is 1. The summed E-state index contributed by atoms with van der Waals surface area (Å²) in [6.45, 7) is 0. The maximum Gasteiger partial charge on any atom is 0.266 e. The molecule has 5 heteroatoms. The van der Waals surface area contributed by atoms with Gasteiger partial charge in [-0.15, -0.1) is 0 Å². The van der Waals surface area contributed by atoms with E-state index in [-0.39, 0.29) is 11.3 Å². The molecule has 1 aromatic rings. The molecule has 0 aliphatic heterocycles. The predicted molar refractivity (Wildman–Crippen MR) is 33.8 cm³/mol. The van der Waals surface area contributed by atoms with Crippen LogP contribution in [-0.2, 0) is 7.05 Å². The Balaban J connectivity index is 3.26. The third-order valence-electron chi connectivity index (χ3n) is 1.17. The van der Waals surface area contributed by atoms with Crippen LogP contribution in [0.3, 0.4) is 0 Å². The molecule has 0 N–H and O–H groups in total. The molecule has 0 unspecified atom stereocenters. The van der Waals surface area contributed by atoms with Gasteiger partial charge in [0.15, 0.2) is 0 Å². The van der Waals surface area contributed by atoms with Gasteiger partial charge in [0.05, 0.1) is 5.97 Å². The molecule has 0 bridgehead atoms. The van der Waals surface area contributed by atoms with Gasteiger partial charge in [-0.25, -0.2) is 4.68 Å². The molecule has 0 saturated carbocycles. The van der Waals surface area contributed by atoms with E-state index in [9.17, 15) is 14.7 Å². The average Bonchev–Trinajstić information content (AvgIpc) is 1.94. The van der Waals surface area contributed by atoms with E-state index < -0.39 is 5.97 Å². The van der Waals surface area contributed by atoms with Crippen molar-refractivity contribution in [2.75, 3.05) is 0 Å². The maximum absolute atomic E-state index is 10.7. The highest BCUT2D eigenvalue weighted by Crippen LogP contribution is 1.84. The number of aryl methyl sites for hydroxylation is 1. The molecule has 1 aromatic heterocycles. The third kappa shape index (κ3) is 1.43. The highest BCUT2D eigenvalue weighted by molar-refractivity contribution is 5.82. The third-order valence-corrected chi connectivity index (χ3v) is 1.17. The molecule has 0 aromatic carbocycles. The molecule has 0 saturated heterocycles. The van der Waals surface area contributed by atoms with E-state index in [0.717, 1.165) is 16.8 Å². The van der Waals surface area contributed by atoms with Gasteiger partial charge in [-0.2, -0.15) is 5.10 Å². The van der Waals surface area contributed by atoms with Crippen molar-refractivity contribution in [1.29, 1.82) is 0 Å². The minimum Gasteiger partial charge on any atom is -0.543 e. The second-order valence-electron chi connectivity index (χ2n) is 1.97. The minimum atomic E-state index is -1.39. The van der Waals surface area contributed by atoms with Gasteiger partial charge in [0, 0.05) is 13.1 Å². The standard InChI is InChI=1S/C6H6N2O3/c1-8-5(9)3-2-4(7-8)6(10)11/h2-3H,1H3,(H,10,11)/p-1. The Labute approximate surface area is 61.9 Å². The summed E-state index contributed by atoms with van der Waals surface area (Å²) in [4.78, 5) is 20.9. The lowest BCUT2D eigenvalue weighted by Gasteiger charge is -2.01. The molecule has 0 fully saturated rings. The number of carbonyl (C=O) groups is 1. The first-order chi connectivity index (χ1) is 5.11. The van der Waals surface area contributed by atoms with E-state index in [0.29, 0.717) is 0 Å². The fraction of sp³-hybridized carbons (Fsp3) is 0.167. The quantitative estimate of drug-likeness (QED) is 0.474. The van der Waals surface area contributed by atoms with Crippen molar-refractivity contribution in [3.8, 4) is 0 Å². The average molecular weight is 153 g/mol. The van der Waals surface area contributed by atoms with Crippen LogP contribution in [-0.4, -0.2) is 15.7 Å². The fourth-order valence-electron chi connectivity index (χ4n) is 0.611. The van der Waals surface area contributed by atoms with Gasteiger partial charge >= 0.3 is 0 Å². The Kier molecular flexibility index (Phi) is 1.72. The van der Waals surface area contributed by atoms with Crippen LogP contribution in [0.1, 0.15) is 10.5 Å². The zero-order valence-electron chi connectivity index (χ0n) is 5.77. The van der Waals surface area contributed by atoms with Crippen molar-refractivity contribution >= 4 is 5.97 Å². The number of nitrogens with zero attached hydrogens (tertiary/aromatic N) is 2. The van der Waals surface area contributed by atoms with Crippen molar-refractivity contribution in [2.24, 2.45) is 7.05 Å². The van der Waals surface area contributed by atoms with Gasteiger partial charge in [0.25, 0.3) is 5.56 Å². The first kappa shape index (κ1) is 7.46. The Morgan fingerprint density at radius 2 is 2.27 bits per heavy atom. The van der Waals surface area contributed by atoms with Crippen LogP contribution in [0.5, 0.6) is 0 Å². The Bertz CT molecular complexity index is 342. The molecule has 1 heterocycles. The summed E-state index contributed by atoms with van der Waals surface area (Å²) >= 11 is 0. The molecule has 11 heavy (non-hydrogen) atoms. The highest BCUT2D eigenvalue weighted by Gasteiger charge is 1.95. The summed E-state index contributed by atoms with van der Waals surface area (Å²) in [5.41, 5.74) is -0.595. The summed E-state index contributed by atoms with van der Waals surface area (Å²) in [6.07, 6.45) is 0. The SMILES string of the molecule is Cn1nc(C(=O)[O-])ccc1=O. The molecule has 58 valence electrons. The van der Waals surface area contributed by atoms with Crippen LogP contribution in [0.15, 0.2) is 16.9 Å². The van der Waals surface area contributed by atoms with Crippen molar-refractivity contribution in [3.05, 3.63) is 28.2 Å². The number of carbonyl (C=O) groups excluding carboxylic acids is 1. The molecular formula is C6H5N2O3-. The zero-order chi connectivity index (χ0) is 8.43. The van der Waals surface area contributed by atoms with E-state index in [2.05, 4.69) is 5.10 Å². The summed E-state index contributed by atoms with van der Waals surface area (Å²) in [7, 11) is 1.37. The summed E-state index contributed by atoms with van der Waals surface area (Å²) in [5.74, 6) is -1.39. The highest BCUT2D eigenvalue weighted by atomic mass is 16.4. The van der Waals surface area contributed by atoms with Gasteiger partial charge in [0.2, 0.25) is 0 Å². The summed E-state index contributed by atoms with van der Waals surface area (Å²) in [6, 6.07) is 2.23. The lowest BCUT2D eigenvalue weighted by atomic mass is 10.4. The molecule has 0 spiro atoms. The lowest BCUT2D eigenvalue weighted by Crippen LogP contribution is -2.28. The molecule has 0 atom stereocenters.